The van der Waals surface area contributed by atoms with E-state index < -0.39 is 11.8 Å². The highest BCUT2D eigenvalue weighted by Gasteiger charge is 2.28. The fourth-order valence-corrected chi connectivity index (χ4v) is 4.28. The molecule has 1 aliphatic heterocycles. The predicted octanol–water partition coefficient (Wildman–Crippen LogP) is 3.76. The van der Waals surface area contributed by atoms with Gasteiger partial charge in [-0.05, 0) is 61.7 Å². The number of phenolic OH excluding ortho intramolecular Hbond substituents is 1. The maximum absolute atomic E-state index is 13.9. The van der Waals surface area contributed by atoms with Crippen molar-refractivity contribution in [3.8, 4) is 11.5 Å². The van der Waals surface area contributed by atoms with Crippen molar-refractivity contribution in [1.29, 1.82) is 0 Å². The van der Waals surface area contributed by atoms with Crippen LogP contribution in [-0.4, -0.2) is 53.7 Å². The number of carbonyl (C=O) groups is 2. The molecule has 174 valence electrons. The predicted molar refractivity (Wildman–Crippen MR) is 121 cm³/mol. The zero-order valence-electron chi connectivity index (χ0n) is 18.7. The van der Waals surface area contributed by atoms with Crippen molar-refractivity contribution in [3.63, 3.8) is 0 Å². The summed E-state index contributed by atoms with van der Waals surface area (Å²) in [5.74, 6) is -0.978. The molecule has 2 heterocycles. The molecule has 0 unspecified atom stereocenters. The molecule has 1 atom stereocenters. The highest BCUT2D eigenvalue weighted by Crippen LogP contribution is 2.37. The fourth-order valence-electron chi connectivity index (χ4n) is 4.28. The third-order valence-corrected chi connectivity index (χ3v) is 5.96. The van der Waals surface area contributed by atoms with Gasteiger partial charge in [-0.15, -0.1) is 0 Å². The van der Waals surface area contributed by atoms with Crippen LogP contribution in [0.2, 0.25) is 0 Å². The second-order valence-electron chi connectivity index (χ2n) is 7.95. The quantitative estimate of drug-likeness (QED) is 0.489. The van der Waals surface area contributed by atoms with Gasteiger partial charge in [-0.2, -0.15) is 0 Å². The summed E-state index contributed by atoms with van der Waals surface area (Å²) in [7, 11) is 1.49. The van der Waals surface area contributed by atoms with E-state index in [4.69, 9.17) is 9.47 Å². The monoisotopic (exact) mass is 455 g/mol. The molecule has 0 bridgehead atoms. The van der Waals surface area contributed by atoms with Crippen LogP contribution in [0.3, 0.4) is 0 Å². The van der Waals surface area contributed by atoms with Gasteiger partial charge in [0.2, 0.25) is 5.91 Å². The number of amides is 1. The van der Waals surface area contributed by atoms with E-state index >= 15 is 0 Å². The lowest BCUT2D eigenvalue weighted by Gasteiger charge is -2.35. The summed E-state index contributed by atoms with van der Waals surface area (Å²) < 4.78 is 24.2. The lowest BCUT2D eigenvalue weighted by Crippen LogP contribution is -2.39. The molecule has 3 aromatic rings. The second kappa shape index (κ2) is 9.11. The Bertz CT molecular complexity index is 1220. The zero-order valence-corrected chi connectivity index (χ0v) is 18.7. The summed E-state index contributed by atoms with van der Waals surface area (Å²) in [5, 5.41) is 13.2. The maximum Gasteiger partial charge on any atom is 0.356 e. The van der Waals surface area contributed by atoms with Gasteiger partial charge in [0.15, 0.2) is 11.5 Å². The number of nitrogens with one attached hydrogen (secondary N) is 2. The molecule has 0 spiro atoms. The summed E-state index contributed by atoms with van der Waals surface area (Å²) in [6.07, 6.45) is 0.664. The van der Waals surface area contributed by atoms with Crippen LogP contribution >= 0.6 is 0 Å². The van der Waals surface area contributed by atoms with Crippen LogP contribution in [-0.2, 0) is 16.0 Å². The maximum atomic E-state index is 13.9. The van der Waals surface area contributed by atoms with Crippen molar-refractivity contribution in [2.24, 2.45) is 0 Å². The SMILES string of the molecule is CCOC(=O)c1[nH]c2ccc(F)cc2c1NC(=O)CN1CCc2cc(O)c(OC)cc2[C@@H]1C. The van der Waals surface area contributed by atoms with E-state index in [0.717, 1.165) is 11.1 Å². The Balaban J connectivity index is 1.57. The number of rotatable bonds is 6. The third-order valence-electron chi connectivity index (χ3n) is 5.96. The standard InChI is InChI=1S/C24H26FN3O5/c1-4-33-24(31)23-22(17-10-15(25)5-6-18(17)26-23)27-21(30)12-28-8-7-14-9-19(29)20(32-3)11-16(14)13(28)2/h5-6,9-11,13,26,29H,4,7-8,12H2,1-3H3,(H,27,30)/t13-/m0/s1. The average Bonchev–Trinajstić information content (AvgIpc) is 3.13. The number of aromatic amines is 1. The second-order valence-corrected chi connectivity index (χ2v) is 7.95. The first kappa shape index (κ1) is 22.6. The van der Waals surface area contributed by atoms with Crippen LogP contribution in [0.5, 0.6) is 11.5 Å². The van der Waals surface area contributed by atoms with Crippen molar-refractivity contribution < 1.29 is 28.6 Å². The van der Waals surface area contributed by atoms with Gasteiger partial charge in [0.05, 0.1) is 25.9 Å². The van der Waals surface area contributed by atoms with Gasteiger partial charge in [0, 0.05) is 23.5 Å². The number of aromatic nitrogens is 1. The van der Waals surface area contributed by atoms with E-state index in [1.54, 1.807) is 19.1 Å². The summed E-state index contributed by atoms with van der Waals surface area (Å²) in [5.41, 5.74) is 2.77. The van der Waals surface area contributed by atoms with Gasteiger partial charge < -0.3 is 24.9 Å². The minimum absolute atomic E-state index is 0.0635. The van der Waals surface area contributed by atoms with E-state index in [9.17, 15) is 19.1 Å². The number of phenols is 1. The first-order valence-electron chi connectivity index (χ1n) is 10.7. The molecule has 4 rings (SSSR count). The summed E-state index contributed by atoms with van der Waals surface area (Å²) in [6.45, 7) is 4.50. The Morgan fingerprint density at radius 2 is 2.09 bits per heavy atom. The highest BCUT2D eigenvalue weighted by molar-refractivity contribution is 6.11. The lowest BCUT2D eigenvalue weighted by molar-refractivity contribution is -0.117. The topological polar surface area (TPSA) is 104 Å². The third kappa shape index (κ3) is 4.36. The van der Waals surface area contributed by atoms with E-state index in [0.29, 0.717) is 29.6 Å². The summed E-state index contributed by atoms with van der Waals surface area (Å²) in [4.78, 5) is 30.3. The number of nitrogens with zero attached hydrogens (tertiary/aromatic N) is 1. The number of benzene rings is 2. The number of H-pyrrole nitrogens is 1. The molecule has 33 heavy (non-hydrogen) atoms. The molecule has 3 N–H and O–H groups in total. The Labute approximate surface area is 190 Å². The number of ether oxygens (including phenoxy) is 2. The normalized spacial score (nSPS) is 15.8. The molecule has 0 radical (unpaired) electrons. The van der Waals surface area contributed by atoms with Crippen LogP contribution in [0.25, 0.3) is 10.9 Å². The molecule has 0 saturated carbocycles. The number of hydrogen-bond acceptors (Lipinski definition) is 6. The van der Waals surface area contributed by atoms with Crippen molar-refractivity contribution >= 4 is 28.5 Å². The minimum atomic E-state index is -0.628. The number of esters is 1. The van der Waals surface area contributed by atoms with Crippen molar-refractivity contribution in [2.75, 3.05) is 32.1 Å². The van der Waals surface area contributed by atoms with Crippen LogP contribution in [0.1, 0.15) is 41.5 Å². The van der Waals surface area contributed by atoms with Gasteiger partial charge in [0.25, 0.3) is 0 Å². The number of anilines is 1. The summed E-state index contributed by atoms with van der Waals surface area (Å²) in [6, 6.07) is 7.45. The molecule has 2 aromatic carbocycles. The first-order chi connectivity index (χ1) is 15.8. The zero-order chi connectivity index (χ0) is 23.7. The van der Waals surface area contributed by atoms with E-state index in [1.807, 2.05) is 11.8 Å². The number of methoxy groups -OCH3 is 1. The van der Waals surface area contributed by atoms with E-state index in [2.05, 4.69) is 10.3 Å². The Kier molecular flexibility index (Phi) is 6.24. The number of carbonyl (C=O) groups excluding carboxylic acids is 2. The Morgan fingerprint density at radius 3 is 2.82 bits per heavy atom. The molecule has 0 saturated heterocycles. The van der Waals surface area contributed by atoms with Gasteiger partial charge in [-0.25, -0.2) is 9.18 Å². The lowest BCUT2D eigenvalue weighted by atomic mass is 9.93. The largest absolute Gasteiger partial charge is 0.504 e. The first-order valence-corrected chi connectivity index (χ1v) is 10.7. The molecular weight excluding hydrogens is 429 g/mol. The molecular formula is C24H26FN3O5. The fraction of sp³-hybridized carbons (Fsp3) is 0.333. The van der Waals surface area contributed by atoms with E-state index in [1.165, 1.54) is 25.3 Å². The van der Waals surface area contributed by atoms with E-state index in [-0.39, 0.29) is 42.2 Å². The van der Waals surface area contributed by atoms with Gasteiger partial charge in [-0.3, -0.25) is 9.69 Å². The van der Waals surface area contributed by atoms with Crippen LogP contribution in [0.4, 0.5) is 10.1 Å². The van der Waals surface area contributed by atoms with Crippen LogP contribution < -0.4 is 10.1 Å². The number of halogens is 1. The molecule has 8 nitrogen and oxygen atoms in total. The van der Waals surface area contributed by atoms with Crippen LogP contribution in [0.15, 0.2) is 30.3 Å². The number of aromatic hydroxyl groups is 1. The number of hydrogen-bond donors (Lipinski definition) is 3. The molecule has 1 aliphatic rings. The Hall–Kier alpha value is -3.59. The molecule has 9 heteroatoms. The van der Waals surface area contributed by atoms with Gasteiger partial charge >= 0.3 is 5.97 Å². The van der Waals surface area contributed by atoms with Crippen molar-refractivity contribution in [1.82, 2.24) is 9.88 Å². The minimum Gasteiger partial charge on any atom is -0.504 e. The average molecular weight is 455 g/mol. The molecule has 0 fully saturated rings. The smallest absolute Gasteiger partial charge is 0.356 e. The van der Waals surface area contributed by atoms with Crippen molar-refractivity contribution in [2.45, 2.75) is 26.3 Å². The van der Waals surface area contributed by atoms with Gasteiger partial charge in [0.1, 0.15) is 11.5 Å². The molecule has 1 amide bonds. The van der Waals surface area contributed by atoms with Crippen molar-refractivity contribution in [3.05, 3.63) is 53.0 Å². The highest BCUT2D eigenvalue weighted by atomic mass is 19.1. The Morgan fingerprint density at radius 1 is 1.30 bits per heavy atom. The molecule has 1 aromatic heterocycles. The van der Waals surface area contributed by atoms with Gasteiger partial charge in [-0.1, -0.05) is 0 Å². The summed E-state index contributed by atoms with van der Waals surface area (Å²) >= 11 is 0. The molecule has 0 aliphatic carbocycles. The van der Waals surface area contributed by atoms with Crippen LogP contribution in [0, 0.1) is 5.82 Å². The number of fused-ring (bicyclic) bond motifs is 2.